The van der Waals surface area contributed by atoms with E-state index in [1.165, 1.54) is 0 Å². The molecule has 0 radical (unpaired) electrons. The van der Waals surface area contributed by atoms with Gasteiger partial charge in [0, 0.05) is 29.6 Å². The first kappa shape index (κ1) is 17.4. The average molecular weight is 353 g/mol. The van der Waals surface area contributed by atoms with Crippen molar-refractivity contribution in [3.05, 3.63) is 58.1 Å². The number of ether oxygens (including phenoxy) is 1. The Bertz CT molecular complexity index is 660. The van der Waals surface area contributed by atoms with Crippen LogP contribution in [0, 0.1) is 0 Å². The summed E-state index contributed by atoms with van der Waals surface area (Å²) in [6, 6.07) is 12.7. The van der Waals surface area contributed by atoms with Crippen molar-refractivity contribution in [3.8, 4) is 5.75 Å². The minimum Gasteiger partial charge on any atom is -0.495 e. The van der Waals surface area contributed by atoms with Gasteiger partial charge in [0.25, 0.3) is 0 Å². The first-order valence-electron chi connectivity index (χ1n) is 7.17. The quantitative estimate of drug-likeness (QED) is 0.787. The molecule has 6 heteroatoms. The van der Waals surface area contributed by atoms with Gasteiger partial charge in [-0.05, 0) is 35.9 Å². The molecule has 0 saturated heterocycles. The molecule has 0 spiro atoms. The number of methoxy groups -OCH3 is 1. The normalized spacial score (nSPS) is 10.2. The maximum Gasteiger partial charge on any atom is 0.222 e. The van der Waals surface area contributed by atoms with Gasteiger partial charge in [0.05, 0.1) is 12.8 Å². The fraction of sp³-hybridized carbons (Fsp3) is 0.235. The average Bonchev–Trinajstić information content (AvgIpc) is 2.54. The van der Waals surface area contributed by atoms with E-state index in [0.717, 1.165) is 11.3 Å². The predicted octanol–water partition coefficient (Wildman–Crippen LogP) is 4.12. The first-order valence-corrected chi connectivity index (χ1v) is 7.92. The van der Waals surface area contributed by atoms with Crippen LogP contribution in [0.4, 0.5) is 5.69 Å². The van der Waals surface area contributed by atoms with E-state index in [-0.39, 0.29) is 5.91 Å². The Labute approximate surface area is 145 Å². The number of rotatable bonds is 7. The van der Waals surface area contributed by atoms with Crippen LogP contribution < -0.4 is 15.4 Å². The van der Waals surface area contributed by atoms with Crippen LogP contribution in [0.1, 0.15) is 12.0 Å². The summed E-state index contributed by atoms with van der Waals surface area (Å²) >= 11 is 11.8. The van der Waals surface area contributed by atoms with Crippen LogP contribution in [0.15, 0.2) is 42.5 Å². The maximum atomic E-state index is 11.9. The third kappa shape index (κ3) is 5.66. The molecule has 0 aliphatic heterocycles. The smallest absolute Gasteiger partial charge is 0.222 e. The van der Waals surface area contributed by atoms with Gasteiger partial charge in [-0.1, -0.05) is 35.3 Å². The minimum absolute atomic E-state index is 0.0338. The molecule has 4 nitrogen and oxygen atoms in total. The summed E-state index contributed by atoms with van der Waals surface area (Å²) < 4.78 is 5.24. The van der Waals surface area contributed by atoms with Gasteiger partial charge in [0.15, 0.2) is 0 Å². The van der Waals surface area contributed by atoms with E-state index in [0.29, 0.717) is 35.3 Å². The number of halogens is 2. The van der Waals surface area contributed by atoms with Gasteiger partial charge in [-0.2, -0.15) is 0 Å². The Hall–Kier alpha value is -1.91. The predicted molar refractivity (Wildman–Crippen MR) is 94.4 cm³/mol. The van der Waals surface area contributed by atoms with E-state index in [1.807, 2.05) is 12.1 Å². The SMILES string of the molecule is COc1ccc(Cl)cc1NCCC(=O)NCc1ccc(Cl)cc1. The number of nitrogens with one attached hydrogen (secondary N) is 2. The molecule has 1 amide bonds. The summed E-state index contributed by atoms with van der Waals surface area (Å²) in [6.45, 7) is 0.972. The van der Waals surface area contributed by atoms with Crippen LogP contribution in [0.3, 0.4) is 0 Å². The lowest BCUT2D eigenvalue weighted by Crippen LogP contribution is -2.24. The van der Waals surface area contributed by atoms with Crippen LogP contribution in [0.25, 0.3) is 0 Å². The number of carbonyl (C=O) groups is 1. The number of hydrogen-bond donors (Lipinski definition) is 2. The summed E-state index contributed by atoms with van der Waals surface area (Å²) in [7, 11) is 1.59. The van der Waals surface area contributed by atoms with Crippen molar-refractivity contribution in [3.63, 3.8) is 0 Å². The molecule has 0 fully saturated rings. The summed E-state index contributed by atoms with van der Waals surface area (Å²) in [5.74, 6) is 0.657. The van der Waals surface area contributed by atoms with Gasteiger partial charge < -0.3 is 15.4 Å². The zero-order valence-corrected chi connectivity index (χ0v) is 14.2. The van der Waals surface area contributed by atoms with Crippen LogP contribution in [-0.4, -0.2) is 19.6 Å². The Kier molecular flexibility index (Phi) is 6.56. The van der Waals surface area contributed by atoms with E-state index in [4.69, 9.17) is 27.9 Å². The summed E-state index contributed by atoms with van der Waals surface area (Å²) in [5.41, 5.74) is 1.78. The van der Waals surface area contributed by atoms with E-state index in [2.05, 4.69) is 10.6 Å². The molecule has 0 aliphatic carbocycles. The van der Waals surface area contributed by atoms with E-state index in [1.54, 1.807) is 37.4 Å². The molecule has 0 bridgehead atoms. The molecular weight excluding hydrogens is 335 g/mol. The van der Waals surface area contributed by atoms with E-state index in [9.17, 15) is 4.79 Å². The Morgan fingerprint density at radius 3 is 2.48 bits per heavy atom. The van der Waals surface area contributed by atoms with Crippen molar-refractivity contribution in [1.82, 2.24) is 5.32 Å². The lowest BCUT2D eigenvalue weighted by molar-refractivity contribution is -0.121. The third-order valence-electron chi connectivity index (χ3n) is 3.23. The fourth-order valence-corrected chi connectivity index (χ4v) is 2.32. The molecule has 2 rings (SSSR count). The number of amides is 1. The van der Waals surface area contributed by atoms with Crippen molar-refractivity contribution >= 4 is 34.8 Å². The van der Waals surface area contributed by atoms with Gasteiger partial charge in [0.2, 0.25) is 5.91 Å². The van der Waals surface area contributed by atoms with Gasteiger partial charge >= 0.3 is 0 Å². The molecular formula is C17H18Cl2N2O2. The summed E-state index contributed by atoms with van der Waals surface area (Å²) in [6.07, 6.45) is 0.350. The molecule has 0 aromatic heterocycles. The monoisotopic (exact) mass is 352 g/mol. The van der Waals surface area contributed by atoms with Gasteiger partial charge in [-0.3, -0.25) is 4.79 Å². The standard InChI is InChI=1S/C17H18Cl2N2O2/c1-23-16-7-6-14(19)10-15(16)20-9-8-17(22)21-11-12-2-4-13(18)5-3-12/h2-7,10,20H,8-9,11H2,1H3,(H,21,22). The molecule has 0 saturated carbocycles. The Morgan fingerprint density at radius 1 is 1.09 bits per heavy atom. The van der Waals surface area contributed by atoms with Crippen molar-refractivity contribution < 1.29 is 9.53 Å². The van der Waals surface area contributed by atoms with Crippen molar-refractivity contribution in [2.75, 3.05) is 19.0 Å². The molecule has 2 N–H and O–H groups in total. The molecule has 2 aromatic rings. The zero-order valence-electron chi connectivity index (χ0n) is 12.7. The summed E-state index contributed by atoms with van der Waals surface area (Å²) in [5, 5.41) is 7.31. The van der Waals surface area contributed by atoms with Gasteiger partial charge in [-0.25, -0.2) is 0 Å². The van der Waals surface area contributed by atoms with Crippen molar-refractivity contribution in [2.24, 2.45) is 0 Å². The van der Waals surface area contributed by atoms with Crippen LogP contribution in [-0.2, 0) is 11.3 Å². The fourth-order valence-electron chi connectivity index (χ4n) is 2.02. The number of carbonyl (C=O) groups excluding carboxylic acids is 1. The van der Waals surface area contributed by atoms with Gasteiger partial charge in [0.1, 0.15) is 5.75 Å². The highest BCUT2D eigenvalue weighted by atomic mass is 35.5. The summed E-state index contributed by atoms with van der Waals surface area (Å²) in [4.78, 5) is 11.9. The van der Waals surface area contributed by atoms with E-state index < -0.39 is 0 Å². The second-order valence-corrected chi connectivity index (χ2v) is 5.80. The lowest BCUT2D eigenvalue weighted by atomic mass is 10.2. The highest BCUT2D eigenvalue weighted by molar-refractivity contribution is 6.31. The largest absolute Gasteiger partial charge is 0.495 e. The molecule has 0 unspecified atom stereocenters. The number of anilines is 1. The van der Waals surface area contributed by atoms with Crippen molar-refractivity contribution in [2.45, 2.75) is 13.0 Å². The highest BCUT2D eigenvalue weighted by Gasteiger charge is 2.05. The second kappa shape index (κ2) is 8.65. The first-order chi connectivity index (χ1) is 11.1. The molecule has 0 heterocycles. The molecule has 0 aliphatic rings. The highest BCUT2D eigenvalue weighted by Crippen LogP contribution is 2.27. The van der Waals surface area contributed by atoms with Crippen LogP contribution >= 0.6 is 23.2 Å². The van der Waals surface area contributed by atoms with Crippen molar-refractivity contribution in [1.29, 1.82) is 0 Å². The molecule has 122 valence electrons. The Morgan fingerprint density at radius 2 is 1.78 bits per heavy atom. The number of benzene rings is 2. The molecule has 23 heavy (non-hydrogen) atoms. The topological polar surface area (TPSA) is 50.4 Å². The molecule has 2 aromatic carbocycles. The van der Waals surface area contributed by atoms with Crippen LogP contribution in [0.5, 0.6) is 5.75 Å². The minimum atomic E-state index is -0.0338. The Balaban J connectivity index is 1.76. The van der Waals surface area contributed by atoms with E-state index >= 15 is 0 Å². The molecule has 0 atom stereocenters. The zero-order chi connectivity index (χ0) is 16.7. The number of hydrogen-bond acceptors (Lipinski definition) is 3. The lowest BCUT2D eigenvalue weighted by Gasteiger charge is -2.11. The third-order valence-corrected chi connectivity index (χ3v) is 3.72. The maximum absolute atomic E-state index is 11.9. The van der Waals surface area contributed by atoms with Gasteiger partial charge in [-0.15, -0.1) is 0 Å². The second-order valence-electron chi connectivity index (χ2n) is 4.92. The van der Waals surface area contributed by atoms with Crippen LogP contribution in [0.2, 0.25) is 10.0 Å².